The third kappa shape index (κ3) is 3.97. The second kappa shape index (κ2) is 5.56. The summed E-state index contributed by atoms with van der Waals surface area (Å²) in [6.45, 7) is 0. The lowest BCUT2D eigenvalue weighted by molar-refractivity contribution is -0.134. The highest BCUT2D eigenvalue weighted by Crippen LogP contribution is 2.26. The van der Waals surface area contributed by atoms with E-state index in [2.05, 4.69) is 5.32 Å². The zero-order chi connectivity index (χ0) is 13.0. The van der Waals surface area contributed by atoms with E-state index in [4.69, 9.17) is 33.4 Å². The third-order valence-electron chi connectivity index (χ3n) is 1.70. The fourth-order valence-electron chi connectivity index (χ4n) is 1.01. The highest BCUT2D eigenvalue weighted by molar-refractivity contribution is 6.36. The molecule has 0 atom stereocenters. The molecule has 17 heavy (non-hydrogen) atoms. The number of hydrogen-bond acceptors (Lipinski definition) is 3. The monoisotopic (exact) mass is 275 g/mol. The number of carbonyl (C=O) groups is 2. The molecular formula is C10H7Cl2NO4. The van der Waals surface area contributed by atoms with Gasteiger partial charge in [-0.15, -0.1) is 0 Å². The first-order valence-corrected chi connectivity index (χ1v) is 5.05. The van der Waals surface area contributed by atoms with E-state index in [1.165, 1.54) is 18.2 Å². The van der Waals surface area contributed by atoms with Crippen LogP contribution in [0, 0.1) is 0 Å². The standard InChI is InChI=1S/C10H7Cl2NO4/c11-5-1-2-7(6(12)3-5)13-8(10(16)17)4-9(14)15/h1-4,13H,(H,14,15)(H,16,17). The summed E-state index contributed by atoms with van der Waals surface area (Å²) in [5, 5.41) is 20.2. The van der Waals surface area contributed by atoms with E-state index in [0.29, 0.717) is 11.1 Å². The van der Waals surface area contributed by atoms with E-state index in [1.54, 1.807) is 0 Å². The molecule has 0 amide bonds. The van der Waals surface area contributed by atoms with Crippen LogP contribution in [0.3, 0.4) is 0 Å². The molecule has 5 nitrogen and oxygen atoms in total. The topological polar surface area (TPSA) is 86.6 Å². The average molecular weight is 276 g/mol. The van der Waals surface area contributed by atoms with Crippen LogP contribution in [0.25, 0.3) is 0 Å². The largest absolute Gasteiger partial charge is 0.478 e. The van der Waals surface area contributed by atoms with Gasteiger partial charge in [-0.2, -0.15) is 0 Å². The Hall–Kier alpha value is -1.72. The second-order valence-electron chi connectivity index (χ2n) is 2.95. The SMILES string of the molecule is O=C(O)C=C(Nc1ccc(Cl)cc1Cl)C(=O)O. The molecule has 7 heteroatoms. The minimum atomic E-state index is -1.40. The van der Waals surface area contributed by atoms with Crippen molar-refractivity contribution >= 4 is 40.8 Å². The number of rotatable bonds is 4. The third-order valence-corrected chi connectivity index (χ3v) is 2.25. The van der Waals surface area contributed by atoms with Gasteiger partial charge in [0.25, 0.3) is 0 Å². The summed E-state index contributed by atoms with van der Waals surface area (Å²) in [4.78, 5) is 21.2. The maximum absolute atomic E-state index is 10.8. The Morgan fingerprint density at radius 1 is 1.24 bits per heavy atom. The van der Waals surface area contributed by atoms with Gasteiger partial charge in [0.15, 0.2) is 0 Å². The van der Waals surface area contributed by atoms with Gasteiger partial charge < -0.3 is 15.5 Å². The highest BCUT2D eigenvalue weighted by atomic mass is 35.5. The van der Waals surface area contributed by atoms with Gasteiger partial charge in [0.1, 0.15) is 5.70 Å². The summed E-state index contributed by atoms with van der Waals surface area (Å²) in [7, 11) is 0. The molecule has 90 valence electrons. The Kier molecular flexibility index (Phi) is 4.37. The van der Waals surface area contributed by atoms with Crippen molar-refractivity contribution in [1.29, 1.82) is 0 Å². The summed E-state index contributed by atoms with van der Waals surface area (Å²) in [6.07, 6.45) is 0.535. The van der Waals surface area contributed by atoms with Gasteiger partial charge in [0.2, 0.25) is 0 Å². The van der Waals surface area contributed by atoms with Crippen molar-refractivity contribution in [3.8, 4) is 0 Å². The smallest absolute Gasteiger partial charge is 0.352 e. The van der Waals surface area contributed by atoms with Crippen molar-refractivity contribution < 1.29 is 19.8 Å². The zero-order valence-electron chi connectivity index (χ0n) is 8.28. The van der Waals surface area contributed by atoms with E-state index < -0.39 is 17.6 Å². The molecule has 1 rings (SSSR count). The first kappa shape index (κ1) is 13.3. The Balaban J connectivity index is 3.02. The molecule has 0 unspecified atom stereocenters. The molecule has 0 spiro atoms. The van der Waals surface area contributed by atoms with Crippen molar-refractivity contribution in [2.45, 2.75) is 0 Å². The fraction of sp³-hybridized carbons (Fsp3) is 0. The van der Waals surface area contributed by atoms with E-state index >= 15 is 0 Å². The van der Waals surface area contributed by atoms with E-state index in [9.17, 15) is 9.59 Å². The van der Waals surface area contributed by atoms with Crippen LogP contribution in [0.1, 0.15) is 0 Å². The minimum absolute atomic E-state index is 0.190. The number of carboxylic acid groups (broad SMARTS) is 2. The Morgan fingerprint density at radius 3 is 2.35 bits per heavy atom. The summed E-state index contributed by atoms with van der Waals surface area (Å²) in [6, 6.07) is 4.35. The molecule has 0 saturated heterocycles. The van der Waals surface area contributed by atoms with Gasteiger partial charge in [-0.1, -0.05) is 23.2 Å². The number of benzene rings is 1. The number of hydrogen-bond donors (Lipinski definition) is 3. The van der Waals surface area contributed by atoms with Crippen LogP contribution in [0.2, 0.25) is 10.0 Å². The Morgan fingerprint density at radius 2 is 1.88 bits per heavy atom. The van der Waals surface area contributed by atoms with Gasteiger partial charge in [0.05, 0.1) is 16.8 Å². The molecule has 1 aromatic rings. The molecule has 0 radical (unpaired) electrons. The Labute approximate surface area is 106 Å². The van der Waals surface area contributed by atoms with E-state index in [-0.39, 0.29) is 10.7 Å². The van der Waals surface area contributed by atoms with Gasteiger partial charge in [-0.25, -0.2) is 9.59 Å². The average Bonchev–Trinajstić information content (AvgIpc) is 2.19. The summed E-state index contributed by atoms with van der Waals surface area (Å²) >= 11 is 11.5. The normalized spacial score (nSPS) is 11.1. The van der Waals surface area contributed by atoms with Crippen molar-refractivity contribution in [2.75, 3.05) is 5.32 Å². The predicted molar refractivity (Wildman–Crippen MR) is 63.4 cm³/mol. The van der Waals surface area contributed by atoms with Crippen molar-refractivity contribution in [1.82, 2.24) is 0 Å². The van der Waals surface area contributed by atoms with Crippen LogP contribution in [-0.4, -0.2) is 22.2 Å². The number of nitrogens with one attached hydrogen (secondary N) is 1. The van der Waals surface area contributed by atoms with Gasteiger partial charge in [-0.3, -0.25) is 0 Å². The zero-order valence-corrected chi connectivity index (χ0v) is 9.79. The van der Waals surface area contributed by atoms with Crippen LogP contribution in [0.5, 0.6) is 0 Å². The Bertz CT molecular complexity index is 499. The maximum Gasteiger partial charge on any atom is 0.352 e. The van der Waals surface area contributed by atoms with Crippen LogP contribution >= 0.6 is 23.2 Å². The van der Waals surface area contributed by atoms with Crippen LogP contribution in [-0.2, 0) is 9.59 Å². The minimum Gasteiger partial charge on any atom is -0.478 e. The molecule has 3 N–H and O–H groups in total. The van der Waals surface area contributed by atoms with E-state index in [0.717, 1.165) is 0 Å². The molecule has 0 aliphatic rings. The molecule has 0 bridgehead atoms. The maximum atomic E-state index is 10.8. The lowest BCUT2D eigenvalue weighted by Crippen LogP contribution is -2.12. The fourth-order valence-corrected chi connectivity index (χ4v) is 1.47. The number of carboxylic acids is 2. The van der Waals surface area contributed by atoms with Gasteiger partial charge >= 0.3 is 11.9 Å². The van der Waals surface area contributed by atoms with Gasteiger partial charge in [0, 0.05) is 5.02 Å². The van der Waals surface area contributed by atoms with Crippen LogP contribution < -0.4 is 5.32 Å². The molecule has 0 fully saturated rings. The lowest BCUT2D eigenvalue weighted by Gasteiger charge is -2.08. The van der Waals surface area contributed by atoms with Crippen molar-refractivity contribution in [3.05, 3.63) is 40.0 Å². The second-order valence-corrected chi connectivity index (χ2v) is 3.79. The van der Waals surface area contributed by atoms with Gasteiger partial charge in [-0.05, 0) is 18.2 Å². The molecule has 0 heterocycles. The van der Waals surface area contributed by atoms with Crippen LogP contribution in [0.4, 0.5) is 5.69 Å². The van der Waals surface area contributed by atoms with E-state index in [1.807, 2.05) is 0 Å². The van der Waals surface area contributed by atoms with Crippen molar-refractivity contribution in [2.24, 2.45) is 0 Å². The quantitative estimate of drug-likeness (QED) is 0.735. The summed E-state index contributed by atoms with van der Waals surface area (Å²) in [5.41, 5.74) is -0.243. The number of aliphatic carboxylic acids is 2. The molecule has 0 aromatic heterocycles. The number of halogens is 2. The summed E-state index contributed by atoms with van der Waals surface area (Å²) < 4.78 is 0. The first-order chi connectivity index (χ1) is 7.90. The van der Waals surface area contributed by atoms with Crippen LogP contribution in [0.15, 0.2) is 30.0 Å². The molecule has 0 saturated carbocycles. The highest BCUT2D eigenvalue weighted by Gasteiger charge is 2.11. The number of anilines is 1. The molecule has 0 aliphatic carbocycles. The predicted octanol–water partition coefficient (Wildman–Crippen LogP) is 2.46. The molecular weight excluding hydrogens is 269 g/mol. The lowest BCUT2D eigenvalue weighted by atomic mass is 10.3. The summed E-state index contributed by atoms with van der Waals surface area (Å²) in [5.74, 6) is -2.78. The first-order valence-electron chi connectivity index (χ1n) is 4.30. The van der Waals surface area contributed by atoms with Crippen molar-refractivity contribution in [3.63, 3.8) is 0 Å². The molecule has 0 aliphatic heterocycles. The molecule has 1 aromatic carbocycles.